The summed E-state index contributed by atoms with van der Waals surface area (Å²) < 4.78 is 0. The summed E-state index contributed by atoms with van der Waals surface area (Å²) in [6.45, 7) is 4.27. The fourth-order valence-electron chi connectivity index (χ4n) is 3.05. The van der Waals surface area contributed by atoms with E-state index < -0.39 is 0 Å². The zero-order valence-corrected chi connectivity index (χ0v) is 11.0. The maximum Gasteiger partial charge on any atom is 0.0368 e. The van der Waals surface area contributed by atoms with E-state index in [-0.39, 0.29) is 6.04 Å². The van der Waals surface area contributed by atoms with E-state index in [1.165, 1.54) is 27.8 Å². The first-order valence-electron chi connectivity index (χ1n) is 6.57. The van der Waals surface area contributed by atoms with Crippen LogP contribution in [0.4, 0.5) is 0 Å². The van der Waals surface area contributed by atoms with Crippen LogP contribution in [0.15, 0.2) is 42.5 Å². The SMILES string of the molecule is Cc1cc(C)cc(C(N)C2Cc3ccccc32)c1. The number of hydrogen-bond acceptors (Lipinski definition) is 1. The van der Waals surface area contributed by atoms with Crippen LogP contribution in [0.2, 0.25) is 0 Å². The summed E-state index contributed by atoms with van der Waals surface area (Å²) in [5.41, 5.74) is 13.2. The van der Waals surface area contributed by atoms with E-state index in [1.54, 1.807) is 0 Å². The molecule has 2 N–H and O–H groups in total. The molecule has 2 aromatic carbocycles. The van der Waals surface area contributed by atoms with Crippen molar-refractivity contribution in [3.63, 3.8) is 0 Å². The first kappa shape index (κ1) is 11.5. The zero-order chi connectivity index (χ0) is 12.7. The molecule has 1 nitrogen and oxygen atoms in total. The van der Waals surface area contributed by atoms with E-state index in [4.69, 9.17) is 5.73 Å². The molecule has 0 saturated heterocycles. The van der Waals surface area contributed by atoms with Crippen molar-refractivity contribution in [2.75, 3.05) is 0 Å². The van der Waals surface area contributed by atoms with Crippen LogP contribution in [0.5, 0.6) is 0 Å². The van der Waals surface area contributed by atoms with Gasteiger partial charge >= 0.3 is 0 Å². The van der Waals surface area contributed by atoms with Crippen LogP contribution >= 0.6 is 0 Å². The number of benzene rings is 2. The van der Waals surface area contributed by atoms with Crippen LogP contribution in [-0.4, -0.2) is 0 Å². The lowest BCUT2D eigenvalue weighted by Gasteiger charge is -2.35. The van der Waals surface area contributed by atoms with Gasteiger partial charge in [-0.15, -0.1) is 0 Å². The molecular weight excluding hydrogens is 218 g/mol. The maximum absolute atomic E-state index is 6.45. The Morgan fingerprint density at radius 2 is 1.72 bits per heavy atom. The molecule has 0 spiro atoms. The van der Waals surface area contributed by atoms with E-state index in [2.05, 4.69) is 56.3 Å². The lowest BCUT2D eigenvalue weighted by atomic mass is 9.72. The van der Waals surface area contributed by atoms with Crippen molar-refractivity contribution in [1.82, 2.24) is 0 Å². The number of nitrogens with two attached hydrogens (primary N) is 1. The number of aryl methyl sites for hydroxylation is 2. The summed E-state index contributed by atoms with van der Waals surface area (Å²) in [7, 11) is 0. The van der Waals surface area contributed by atoms with E-state index in [1.807, 2.05) is 0 Å². The molecule has 0 radical (unpaired) electrons. The summed E-state index contributed by atoms with van der Waals surface area (Å²) in [4.78, 5) is 0. The molecule has 0 bridgehead atoms. The van der Waals surface area contributed by atoms with Gasteiger partial charge in [0.2, 0.25) is 0 Å². The molecule has 0 fully saturated rings. The van der Waals surface area contributed by atoms with Crippen molar-refractivity contribution in [2.24, 2.45) is 5.73 Å². The standard InChI is InChI=1S/C17H19N/c1-11-7-12(2)9-14(8-11)17(18)16-10-13-5-3-4-6-15(13)16/h3-9,16-17H,10,18H2,1-2H3. The van der Waals surface area contributed by atoms with Gasteiger partial charge in [-0.1, -0.05) is 53.6 Å². The fraction of sp³-hybridized carbons (Fsp3) is 0.294. The highest BCUT2D eigenvalue weighted by Gasteiger charge is 2.31. The molecular formula is C17H19N. The van der Waals surface area contributed by atoms with Crippen LogP contribution in [0.3, 0.4) is 0 Å². The number of hydrogen-bond donors (Lipinski definition) is 1. The lowest BCUT2D eigenvalue weighted by Crippen LogP contribution is -2.29. The van der Waals surface area contributed by atoms with E-state index >= 15 is 0 Å². The summed E-state index contributed by atoms with van der Waals surface area (Å²) in [5, 5.41) is 0. The summed E-state index contributed by atoms with van der Waals surface area (Å²) in [6.07, 6.45) is 1.12. The third-order valence-corrected chi connectivity index (χ3v) is 3.96. The second-order valence-corrected chi connectivity index (χ2v) is 5.46. The minimum absolute atomic E-state index is 0.124. The van der Waals surface area contributed by atoms with Crippen molar-refractivity contribution in [1.29, 1.82) is 0 Å². The van der Waals surface area contributed by atoms with Crippen molar-refractivity contribution < 1.29 is 0 Å². The second kappa shape index (κ2) is 4.25. The Labute approximate surface area is 109 Å². The molecule has 0 amide bonds. The van der Waals surface area contributed by atoms with Gasteiger partial charge in [-0.2, -0.15) is 0 Å². The average Bonchev–Trinajstić information content (AvgIpc) is 2.29. The van der Waals surface area contributed by atoms with Crippen LogP contribution < -0.4 is 5.73 Å². The zero-order valence-electron chi connectivity index (χ0n) is 11.0. The highest BCUT2D eigenvalue weighted by molar-refractivity contribution is 5.43. The molecule has 2 aromatic rings. The smallest absolute Gasteiger partial charge is 0.0368 e. The molecule has 1 aliphatic carbocycles. The lowest BCUT2D eigenvalue weighted by molar-refractivity contribution is 0.499. The Hall–Kier alpha value is -1.60. The van der Waals surface area contributed by atoms with Gasteiger partial charge in [0, 0.05) is 12.0 Å². The molecule has 18 heavy (non-hydrogen) atoms. The third-order valence-electron chi connectivity index (χ3n) is 3.96. The normalized spacial score (nSPS) is 18.9. The first-order valence-corrected chi connectivity index (χ1v) is 6.57. The Kier molecular flexibility index (Phi) is 2.71. The van der Waals surface area contributed by atoms with Crippen molar-refractivity contribution in [3.8, 4) is 0 Å². The predicted molar refractivity (Wildman–Crippen MR) is 75.7 cm³/mol. The summed E-state index contributed by atoms with van der Waals surface area (Å²) >= 11 is 0. The molecule has 2 unspecified atom stereocenters. The third kappa shape index (κ3) is 1.85. The van der Waals surface area contributed by atoms with Gasteiger partial charge in [-0.3, -0.25) is 0 Å². The van der Waals surface area contributed by atoms with Gasteiger partial charge in [-0.05, 0) is 37.0 Å². The quantitative estimate of drug-likeness (QED) is 0.847. The van der Waals surface area contributed by atoms with Crippen molar-refractivity contribution >= 4 is 0 Å². The van der Waals surface area contributed by atoms with Gasteiger partial charge in [0.05, 0.1) is 0 Å². The molecule has 0 saturated carbocycles. The highest BCUT2D eigenvalue weighted by Crippen LogP contribution is 2.42. The van der Waals surface area contributed by atoms with Crippen molar-refractivity contribution in [3.05, 3.63) is 70.3 Å². The molecule has 0 aliphatic heterocycles. The topological polar surface area (TPSA) is 26.0 Å². The largest absolute Gasteiger partial charge is 0.323 e. The molecule has 1 aliphatic rings. The second-order valence-electron chi connectivity index (χ2n) is 5.46. The molecule has 1 heteroatoms. The highest BCUT2D eigenvalue weighted by atomic mass is 14.7. The van der Waals surface area contributed by atoms with Gasteiger partial charge in [-0.25, -0.2) is 0 Å². The van der Waals surface area contributed by atoms with Gasteiger partial charge in [0.25, 0.3) is 0 Å². The van der Waals surface area contributed by atoms with E-state index in [9.17, 15) is 0 Å². The Bertz CT molecular complexity index is 566. The predicted octanol–water partition coefficient (Wildman–Crippen LogP) is 3.64. The monoisotopic (exact) mass is 237 g/mol. The van der Waals surface area contributed by atoms with Gasteiger partial charge < -0.3 is 5.73 Å². The van der Waals surface area contributed by atoms with Crippen molar-refractivity contribution in [2.45, 2.75) is 32.2 Å². The Morgan fingerprint density at radius 3 is 2.39 bits per heavy atom. The average molecular weight is 237 g/mol. The minimum Gasteiger partial charge on any atom is -0.323 e. The molecule has 92 valence electrons. The fourth-order valence-corrected chi connectivity index (χ4v) is 3.05. The maximum atomic E-state index is 6.45. The van der Waals surface area contributed by atoms with E-state index in [0.717, 1.165) is 6.42 Å². The van der Waals surface area contributed by atoms with Gasteiger partial charge in [0.1, 0.15) is 0 Å². The Balaban J connectivity index is 1.91. The minimum atomic E-state index is 0.124. The molecule has 0 aromatic heterocycles. The van der Waals surface area contributed by atoms with Crippen LogP contribution in [-0.2, 0) is 6.42 Å². The number of fused-ring (bicyclic) bond motifs is 1. The van der Waals surface area contributed by atoms with E-state index in [0.29, 0.717) is 5.92 Å². The molecule has 3 rings (SSSR count). The van der Waals surface area contributed by atoms with Gasteiger partial charge in [0.15, 0.2) is 0 Å². The summed E-state index contributed by atoms with van der Waals surface area (Å²) in [6, 6.07) is 15.4. The van der Waals surface area contributed by atoms with Crippen LogP contribution in [0.25, 0.3) is 0 Å². The van der Waals surface area contributed by atoms with Crippen LogP contribution in [0, 0.1) is 13.8 Å². The molecule has 2 atom stereocenters. The molecule has 0 heterocycles. The number of rotatable bonds is 2. The Morgan fingerprint density at radius 1 is 1.06 bits per heavy atom. The summed E-state index contributed by atoms with van der Waals surface area (Å²) in [5.74, 6) is 0.488. The van der Waals surface area contributed by atoms with Crippen LogP contribution in [0.1, 0.15) is 39.8 Å². The first-order chi connectivity index (χ1) is 8.65.